The molecule has 206 valence electrons. The molecule has 0 unspecified atom stereocenters. The van der Waals surface area contributed by atoms with Gasteiger partial charge in [-0.2, -0.15) is 0 Å². The molecule has 4 aromatic rings. The first-order valence-corrected chi connectivity index (χ1v) is 14.6. The highest BCUT2D eigenvalue weighted by molar-refractivity contribution is 6.08. The van der Waals surface area contributed by atoms with E-state index in [-0.39, 0.29) is 10.8 Å². The van der Waals surface area contributed by atoms with E-state index < -0.39 is 0 Å². The summed E-state index contributed by atoms with van der Waals surface area (Å²) in [7, 11) is 0. The summed E-state index contributed by atoms with van der Waals surface area (Å²) in [6.07, 6.45) is 6.55. The van der Waals surface area contributed by atoms with Crippen molar-refractivity contribution in [1.29, 1.82) is 0 Å². The number of anilines is 1. The Hall–Kier alpha value is -5.41. The standard InChI is InChI=1S/C41H33N2/c1-7-9-15-28-42-34-26-24-30-18-11-13-20-32(30)38(34)40(3,4)36(42)22-17-23-37-41(5,6)39-33-21-14-12-19-31(33)25-27-35(39)43(37)29-16-10-8-2/h11-14,17-27H,1-6H3/q+1. The van der Waals surface area contributed by atoms with Gasteiger partial charge in [-0.15, -0.1) is 4.58 Å². The molecule has 0 saturated carbocycles. The third kappa shape index (κ3) is 4.50. The zero-order valence-electron chi connectivity index (χ0n) is 25.6. The number of allylic oxidation sites excluding steroid dienone is 4. The highest BCUT2D eigenvalue weighted by Crippen LogP contribution is 2.50. The first-order chi connectivity index (χ1) is 20.8. The van der Waals surface area contributed by atoms with Crippen LogP contribution < -0.4 is 4.90 Å². The van der Waals surface area contributed by atoms with E-state index in [1.807, 2.05) is 13.8 Å². The molecule has 4 aromatic carbocycles. The minimum atomic E-state index is -0.278. The summed E-state index contributed by atoms with van der Waals surface area (Å²) in [5, 5.41) is 4.95. The summed E-state index contributed by atoms with van der Waals surface area (Å²) in [6.45, 7) is 12.7. The van der Waals surface area contributed by atoms with Crippen LogP contribution in [0.2, 0.25) is 0 Å². The number of benzene rings is 4. The van der Waals surface area contributed by atoms with Crippen LogP contribution in [0.1, 0.15) is 52.7 Å². The van der Waals surface area contributed by atoms with Crippen molar-refractivity contribution in [3.63, 3.8) is 0 Å². The van der Waals surface area contributed by atoms with Crippen molar-refractivity contribution in [1.82, 2.24) is 0 Å². The molecule has 0 aromatic heterocycles. The number of fused-ring (bicyclic) bond motifs is 6. The Balaban J connectivity index is 1.52. The zero-order chi connectivity index (χ0) is 30.2. The van der Waals surface area contributed by atoms with Crippen molar-refractivity contribution in [2.24, 2.45) is 0 Å². The molecule has 2 heterocycles. The minimum absolute atomic E-state index is 0.278. The average Bonchev–Trinajstić information content (AvgIpc) is 3.36. The van der Waals surface area contributed by atoms with Crippen LogP contribution in [-0.2, 0) is 10.8 Å². The quantitative estimate of drug-likeness (QED) is 0.178. The van der Waals surface area contributed by atoms with Gasteiger partial charge in [-0.3, -0.25) is 4.90 Å². The van der Waals surface area contributed by atoms with Crippen LogP contribution in [0.5, 0.6) is 0 Å². The maximum atomic E-state index is 3.33. The first-order valence-electron chi connectivity index (χ1n) is 14.6. The molecule has 0 N–H and O–H groups in total. The van der Waals surface area contributed by atoms with Gasteiger partial charge < -0.3 is 0 Å². The molecule has 2 aliphatic rings. The van der Waals surface area contributed by atoms with E-state index in [9.17, 15) is 0 Å². The molecule has 2 heteroatoms. The molecule has 0 bridgehead atoms. The van der Waals surface area contributed by atoms with Gasteiger partial charge >= 0.3 is 0 Å². The highest BCUT2D eigenvalue weighted by atomic mass is 15.2. The normalized spacial score (nSPS) is 16.5. The molecule has 2 aliphatic heterocycles. The Morgan fingerprint density at radius 2 is 1.30 bits per heavy atom. The summed E-state index contributed by atoms with van der Waals surface area (Å²) in [5.74, 6) is 17.7. The predicted octanol–water partition coefficient (Wildman–Crippen LogP) is 8.58. The van der Waals surface area contributed by atoms with Crippen LogP contribution >= 0.6 is 0 Å². The molecule has 2 nitrogen and oxygen atoms in total. The predicted molar refractivity (Wildman–Crippen MR) is 181 cm³/mol. The van der Waals surface area contributed by atoms with Crippen LogP contribution in [0.4, 0.5) is 11.4 Å². The third-order valence-electron chi connectivity index (χ3n) is 8.53. The van der Waals surface area contributed by atoms with Gasteiger partial charge in [0.25, 0.3) is 0 Å². The molecular formula is C41H33N2+. The van der Waals surface area contributed by atoms with Crippen LogP contribution in [0, 0.1) is 47.6 Å². The first kappa shape index (κ1) is 27.7. The Morgan fingerprint density at radius 3 is 2.00 bits per heavy atom. The van der Waals surface area contributed by atoms with Crippen molar-refractivity contribution in [2.75, 3.05) is 4.90 Å². The van der Waals surface area contributed by atoms with E-state index in [0.29, 0.717) is 0 Å². The summed E-state index contributed by atoms with van der Waals surface area (Å²) >= 11 is 0. The molecule has 0 spiro atoms. The van der Waals surface area contributed by atoms with Crippen molar-refractivity contribution >= 4 is 38.6 Å². The van der Waals surface area contributed by atoms with E-state index in [0.717, 1.165) is 22.8 Å². The van der Waals surface area contributed by atoms with E-state index >= 15 is 0 Å². The molecule has 0 atom stereocenters. The maximum Gasteiger partial charge on any atom is 0.243 e. The number of hydrogen-bond acceptors (Lipinski definition) is 1. The summed E-state index contributed by atoms with van der Waals surface area (Å²) < 4.78 is 2.11. The minimum Gasteiger partial charge on any atom is -0.272 e. The summed E-state index contributed by atoms with van der Waals surface area (Å²) in [6, 6.07) is 32.5. The molecule has 6 rings (SSSR count). The molecule has 0 fully saturated rings. The van der Waals surface area contributed by atoms with Crippen molar-refractivity contribution < 1.29 is 4.58 Å². The van der Waals surface area contributed by atoms with Gasteiger partial charge in [0.05, 0.1) is 17.0 Å². The van der Waals surface area contributed by atoms with Gasteiger partial charge in [0.1, 0.15) is 0 Å². The monoisotopic (exact) mass is 553 g/mol. The van der Waals surface area contributed by atoms with Crippen molar-refractivity contribution in [2.45, 2.75) is 52.4 Å². The Kier molecular flexibility index (Phi) is 6.95. The Morgan fingerprint density at radius 1 is 0.674 bits per heavy atom. The largest absolute Gasteiger partial charge is 0.272 e. The van der Waals surface area contributed by atoms with Crippen molar-refractivity contribution in [3.8, 4) is 47.6 Å². The van der Waals surface area contributed by atoms with Gasteiger partial charge in [0.2, 0.25) is 17.4 Å². The molecule has 0 radical (unpaired) electrons. The van der Waals surface area contributed by atoms with Gasteiger partial charge in [-0.25, -0.2) is 0 Å². The van der Waals surface area contributed by atoms with E-state index in [2.05, 4.69) is 176 Å². The molecule has 0 aliphatic carbocycles. The zero-order valence-corrected chi connectivity index (χ0v) is 25.6. The van der Waals surface area contributed by atoms with E-state index in [1.54, 1.807) is 0 Å². The average molecular weight is 554 g/mol. The second kappa shape index (κ2) is 10.8. The maximum absolute atomic E-state index is 3.33. The molecule has 0 saturated heterocycles. The SMILES string of the molecule is CC#CC#CN1C(=CC=CC2=[N+](C#CC#CC)c3ccc4ccccc4c3C2(C)C)C(C)(C)c2c1ccc1ccccc21. The van der Waals surface area contributed by atoms with Crippen LogP contribution in [0.3, 0.4) is 0 Å². The molecule has 43 heavy (non-hydrogen) atoms. The summed E-state index contributed by atoms with van der Waals surface area (Å²) in [5.41, 5.74) is 6.42. The fraction of sp³-hybridized carbons (Fsp3) is 0.195. The van der Waals surface area contributed by atoms with Gasteiger partial charge in [-0.1, -0.05) is 86.4 Å². The summed E-state index contributed by atoms with van der Waals surface area (Å²) in [4.78, 5) is 2.11. The van der Waals surface area contributed by atoms with E-state index in [1.165, 1.54) is 32.7 Å². The van der Waals surface area contributed by atoms with Crippen LogP contribution in [0.25, 0.3) is 21.5 Å². The molecule has 0 amide bonds. The lowest BCUT2D eigenvalue weighted by Gasteiger charge is -2.23. The second-order valence-corrected chi connectivity index (χ2v) is 11.8. The second-order valence-electron chi connectivity index (χ2n) is 11.8. The lowest BCUT2D eigenvalue weighted by Crippen LogP contribution is -2.27. The number of rotatable bonds is 2. The van der Waals surface area contributed by atoms with Gasteiger partial charge in [-0.05, 0) is 84.9 Å². The smallest absolute Gasteiger partial charge is 0.243 e. The lowest BCUT2D eigenvalue weighted by molar-refractivity contribution is -0.332. The van der Waals surface area contributed by atoms with Gasteiger partial charge in [0, 0.05) is 40.8 Å². The van der Waals surface area contributed by atoms with E-state index in [4.69, 9.17) is 0 Å². The molecular weight excluding hydrogens is 520 g/mol. The van der Waals surface area contributed by atoms with Gasteiger partial charge in [0.15, 0.2) is 0 Å². The topological polar surface area (TPSA) is 6.25 Å². The van der Waals surface area contributed by atoms with Crippen LogP contribution in [-0.4, -0.2) is 10.3 Å². The number of hydrogen-bond donors (Lipinski definition) is 0. The lowest BCUT2D eigenvalue weighted by atomic mass is 9.79. The third-order valence-corrected chi connectivity index (χ3v) is 8.53. The highest BCUT2D eigenvalue weighted by Gasteiger charge is 2.46. The Bertz CT molecular complexity index is 2170. The van der Waals surface area contributed by atoms with Crippen LogP contribution in [0.15, 0.2) is 96.7 Å². The fourth-order valence-electron chi connectivity index (χ4n) is 6.61. The number of nitrogens with zero attached hydrogens (tertiary/aromatic N) is 2. The van der Waals surface area contributed by atoms with Crippen molar-refractivity contribution in [3.05, 3.63) is 108 Å². The fourth-order valence-corrected chi connectivity index (χ4v) is 6.61. The Labute approximate surface area is 255 Å².